The Hall–Kier alpha value is -3.09. The molecular weight excluding hydrogens is 306 g/mol. The normalized spacial score (nSPS) is 19.7. The fourth-order valence-electron chi connectivity index (χ4n) is 3.29. The molecule has 2 heterocycles. The van der Waals surface area contributed by atoms with Crippen molar-refractivity contribution in [2.24, 2.45) is 10.9 Å². The number of benzene rings is 2. The molecule has 2 atom stereocenters. The molecule has 2 aromatic carbocycles. The number of nitrogens with zero attached hydrogens (tertiary/aromatic N) is 5. The second-order valence-electron chi connectivity index (χ2n) is 5.69. The molecule has 0 amide bonds. The van der Waals surface area contributed by atoms with Crippen LogP contribution < -0.4 is 0 Å². The number of rotatable bonds is 2. The van der Waals surface area contributed by atoms with E-state index in [9.17, 15) is 4.79 Å². The molecule has 0 aliphatic carbocycles. The van der Waals surface area contributed by atoms with Crippen molar-refractivity contribution in [3.8, 4) is 0 Å². The Kier molecular flexibility index (Phi) is 3.34. The Morgan fingerprint density at radius 3 is 2.79 bits per heavy atom. The van der Waals surface area contributed by atoms with Crippen LogP contribution in [0.5, 0.6) is 0 Å². The van der Waals surface area contributed by atoms with E-state index in [0.717, 1.165) is 16.3 Å². The number of carbonyl (C=O) groups excluding carboxylic acids is 1. The summed E-state index contributed by atoms with van der Waals surface area (Å²) in [6, 6.07) is 13.6. The van der Waals surface area contributed by atoms with Gasteiger partial charge in [0.15, 0.2) is 0 Å². The van der Waals surface area contributed by atoms with E-state index in [1.54, 1.807) is 11.6 Å². The lowest BCUT2D eigenvalue weighted by Gasteiger charge is -2.29. The molecule has 7 heteroatoms. The highest BCUT2D eigenvalue weighted by molar-refractivity contribution is 6.04. The second kappa shape index (κ2) is 5.52. The molecule has 0 N–H and O–H groups in total. The summed E-state index contributed by atoms with van der Waals surface area (Å²) >= 11 is 0. The Morgan fingerprint density at radius 2 is 1.96 bits per heavy atom. The van der Waals surface area contributed by atoms with E-state index in [1.807, 2.05) is 42.5 Å². The van der Waals surface area contributed by atoms with E-state index < -0.39 is 12.0 Å². The zero-order chi connectivity index (χ0) is 16.7. The molecule has 0 fully saturated rings. The summed E-state index contributed by atoms with van der Waals surface area (Å²) < 4.78 is 6.61. The molecule has 24 heavy (non-hydrogen) atoms. The first-order valence-corrected chi connectivity index (χ1v) is 7.59. The summed E-state index contributed by atoms with van der Waals surface area (Å²) in [6.07, 6.45) is 0. The summed E-state index contributed by atoms with van der Waals surface area (Å²) in [4.78, 5) is 16.8. The van der Waals surface area contributed by atoms with Crippen molar-refractivity contribution in [3.63, 3.8) is 0 Å². The maximum Gasteiger partial charge on any atom is 0.316 e. The number of esters is 1. The minimum Gasteiger partial charge on any atom is -0.468 e. The monoisotopic (exact) mass is 321 g/mol. The molecule has 0 saturated carbocycles. The minimum atomic E-state index is -0.572. The number of hydrogen-bond donors (Lipinski definition) is 0. The van der Waals surface area contributed by atoms with Crippen LogP contribution in [0.1, 0.15) is 18.5 Å². The standard InChI is InChI=1S/C17H15N5O2/c1-10-14(16(23)24-2)15(22-17(18-10)19-20-21-22)13-9-5-7-11-6-3-4-8-12(11)13/h3-9,14-15H,1-2H3. The van der Waals surface area contributed by atoms with Gasteiger partial charge in [0.2, 0.25) is 0 Å². The zero-order valence-electron chi connectivity index (χ0n) is 13.2. The highest BCUT2D eigenvalue weighted by Gasteiger charge is 2.40. The van der Waals surface area contributed by atoms with Gasteiger partial charge in [-0.1, -0.05) is 47.6 Å². The maximum absolute atomic E-state index is 12.4. The molecule has 2 unspecified atom stereocenters. The molecule has 0 saturated heterocycles. The molecule has 1 aliphatic heterocycles. The number of fused-ring (bicyclic) bond motifs is 2. The van der Waals surface area contributed by atoms with E-state index in [2.05, 4.69) is 20.5 Å². The smallest absolute Gasteiger partial charge is 0.316 e. The van der Waals surface area contributed by atoms with Crippen LogP contribution in [-0.4, -0.2) is 39.0 Å². The summed E-state index contributed by atoms with van der Waals surface area (Å²) in [7, 11) is 1.38. The SMILES string of the molecule is COC(=O)C1C(C)=Nc2nnnn2C1c1cccc2ccccc12. The largest absolute Gasteiger partial charge is 0.468 e. The van der Waals surface area contributed by atoms with Crippen LogP contribution in [0.4, 0.5) is 5.95 Å². The van der Waals surface area contributed by atoms with E-state index in [4.69, 9.17) is 4.74 Å². The average molecular weight is 321 g/mol. The molecule has 0 radical (unpaired) electrons. The average Bonchev–Trinajstić information content (AvgIpc) is 3.07. The van der Waals surface area contributed by atoms with Gasteiger partial charge in [0.25, 0.3) is 5.95 Å². The lowest BCUT2D eigenvalue weighted by Crippen LogP contribution is -2.36. The molecule has 4 rings (SSSR count). The van der Waals surface area contributed by atoms with Gasteiger partial charge < -0.3 is 4.74 Å². The summed E-state index contributed by atoms with van der Waals surface area (Å²) in [5.41, 5.74) is 1.60. The van der Waals surface area contributed by atoms with E-state index in [-0.39, 0.29) is 5.97 Å². The lowest BCUT2D eigenvalue weighted by molar-refractivity contribution is -0.144. The Bertz CT molecular complexity index is 957. The Labute approximate surface area is 138 Å². The number of aliphatic imine (C=N–C) groups is 1. The van der Waals surface area contributed by atoms with Crippen LogP contribution in [0.2, 0.25) is 0 Å². The fraction of sp³-hybridized carbons (Fsp3) is 0.235. The fourth-order valence-corrected chi connectivity index (χ4v) is 3.29. The second-order valence-corrected chi connectivity index (χ2v) is 5.69. The molecule has 120 valence electrons. The first kappa shape index (κ1) is 14.5. The van der Waals surface area contributed by atoms with Gasteiger partial charge in [0, 0.05) is 5.71 Å². The summed E-state index contributed by atoms with van der Waals surface area (Å²) in [5, 5.41) is 13.9. The van der Waals surface area contributed by atoms with E-state index >= 15 is 0 Å². The van der Waals surface area contributed by atoms with Crippen LogP contribution in [0.15, 0.2) is 47.5 Å². The van der Waals surface area contributed by atoms with Crippen molar-refractivity contribution >= 4 is 28.4 Å². The van der Waals surface area contributed by atoms with Gasteiger partial charge >= 0.3 is 5.97 Å². The van der Waals surface area contributed by atoms with Gasteiger partial charge in [-0.15, -0.1) is 0 Å². The zero-order valence-corrected chi connectivity index (χ0v) is 13.2. The van der Waals surface area contributed by atoms with E-state index in [0.29, 0.717) is 11.7 Å². The molecule has 0 bridgehead atoms. The molecule has 0 spiro atoms. The third-order valence-corrected chi connectivity index (χ3v) is 4.38. The van der Waals surface area contributed by atoms with Crippen LogP contribution >= 0.6 is 0 Å². The van der Waals surface area contributed by atoms with Gasteiger partial charge in [-0.25, -0.2) is 9.67 Å². The predicted octanol–water partition coefficient (Wildman–Crippen LogP) is 2.31. The Balaban J connectivity index is 1.99. The first-order valence-electron chi connectivity index (χ1n) is 7.59. The van der Waals surface area contributed by atoms with Gasteiger partial charge in [0.05, 0.1) is 7.11 Å². The summed E-state index contributed by atoms with van der Waals surface area (Å²) in [5.74, 6) is -0.530. The number of methoxy groups -OCH3 is 1. The third-order valence-electron chi connectivity index (χ3n) is 4.38. The highest BCUT2D eigenvalue weighted by atomic mass is 16.5. The molecular formula is C17H15N5O2. The molecule has 7 nitrogen and oxygen atoms in total. The van der Waals surface area contributed by atoms with Gasteiger partial charge in [0.1, 0.15) is 12.0 Å². The topological polar surface area (TPSA) is 82.3 Å². The minimum absolute atomic E-state index is 0.352. The van der Waals surface area contributed by atoms with Crippen molar-refractivity contribution in [2.75, 3.05) is 7.11 Å². The van der Waals surface area contributed by atoms with Gasteiger partial charge in [-0.2, -0.15) is 0 Å². The first-order chi connectivity index (χ1) is 11.7. The number of carbonyl (C=O) groups is 1. The third kappa shape index (κ3) is 2.09. The van der Waals surface area contributed by atoms with E-state index in [1.165, 1.54) is 7.11 Å². The quantitative estimate of drug-likeness (QED) is 0.676. The molecule has 1 aliphatic rings. The number of aromatic nitrogens is 4. The van der Waals surface area contributed by atoms with Crippen molar-refractivity contribution in [2.45, 2.75) is 13.0 Å². The van der Waals surface area contributed by atoms with Crippen molar-refractivity contribution < 1.29 is 9.53 Å². The van der Waals surface area contributed by atoms with Crippen LogP contribution in [0.25, 0.3) is 10.8 Å². The molecule has 1 aromatic heterocycles. The highest BCUT2D eigenvalue weighted by Crippen LogP contribution is 2.38. The van der Waals surface area contributed by atoms with Crippen LogP contribution in [-0.2, 0) is 9.53 Å². The molecule has 3 aromatic rings. The van der Waals surface area contributed by atoms with Crippen molar-refractivity contribution in [3.05, 3.63) is 48.0 Å². The number of tetrazole rings is 1. The van der Waals surface area contributed by atoms with Crippen LogP contribution in [0.3, 0.4) is 0 Å². The van der Waals surface area contributed by atoms with Crippen molar-refractivity contribution in [1.29, 1.82) is 0 Å². The van der Waals surface area contributed by atoms with Crippen LogP contribution in [0, 0.1) is 5.92 Å². The van der Waals surface area contributed by atoms with Gasteiger partial charge in [-0.05, 0) is 33.7 Å². The number of ether oxygens (including phenoxy) is 1. The number of hydrogen-bond acceptors (Lipinski definition) is 6. The van der Waals surface area contributed by atoms with Crippen molar-refractivity contribution in [1.82, 2.24) is 20.2 Å². The predicted molar refractivity (Wildman–Crippen MR) is 88.2 cm³/mol. The summed E-state index contributed by atoms with van der Waals surface area (Å²) in [6.45, 7) is 1.80. The Morgan fingerprint density at radius 1 is 1.17 bits per heavy atom. The van der Waals surface area contributed by atoms with Gasteiger partial charge in [-0.3, -0.25) is 4.79 Å². The lowest BCUT2D eigenvalue weighted by atomic mass is 9.86. The maximum atomic E-state index is 12.4.